The van der Waals surface area contributed by atoms with Crippen LogP contribution < -0.4 is 0 Å². The number of rotatable bonds is 8. The zero-order valence-corrected chi connectivity index (χ0v) is 16.6. The normalized spacial score (nSPS) is 33.1. The predicted molar refractivity (Wildman–Crippen MR) is 79.7 cm³/mol. The fourth-order valence-electron chi connectivity index (χ4n) is 2.28. The molecule has 1 aliphatic rings. The monoisotopic (exact) mass is 500 g/mol. The average molecular weight is 500 g/mol. The maximum atomic E-state index is 11.1. The van der Waals surface area contributed by atoms with E-state index in [1.54, 1.807) is 0 Å². The van der Waals surface area contributed by atoms with Crippen molar-refractivity contribution >= 4 is 31.3 Å². The third kappa shape index (κ3) is 8.62. The maximum Gasteiger partial charge on any atom is 0.470 e. The summed E-state index contributed by atoms with van der Waals surface area (Å²) in [6.45, 7) is 0. The molecule has 0 amide bonds. The molecular formula is C6H16O18P4. The SMILES string of the molecule is O=P(O)(O)O[C@@H]1[C@@H](O)[C@@H](OP(=O)(O)O)[C@@H](OP(=O)(O)O)[C@H](OP(=O)(O)O)[C@H]1O. The highest BCUT2D eigenvalue weighted by atomic mass is 31.2. The first-order valence-electron chi connectivity index (χ1n) is 6.52. The molecule has 0 saturated heterocycles. The zero-order valence-electron chi connectivity index (χ0n) is 13.0. The number of aliphatic hydroxyl groups excluding tert-OH is 2. The molecule has 1 rings (SSSR count). The molecule has 0 spiro atoms. The van der Waals surface area contributed by atoms with E-state index in [4.69, 9.17) is 39.1 Å². The summed E-state index contributed by atoms with van der Waals surface area (Å²) in [6, 6.07) is 0. The standard InChI is InChI=1S/C6H16O18P4/c7-1-3(21-25(9,10)11)2(8)5(23-27(15,16)17)6(24-28(18,19)20)4(1)22-26(12,13)14/h1-8H,(H2,9,10,11)(H2,12,13,14)(H2,15,16,17)(H2,18,19,20)/t1-,2+,3-,4-,5-,6-/m1/s1. The Morgan fingerprint density at radius 3 is 0.893 bits per heavy atom. The molecule has 18 nitrogen and oxygen atoms in total. The molecule has 0 aromatic carbocycles. The van der Waals surface area contributed by atoms with Crippen LogP contribution in [-0.4, -0.2) is 86.0 Å². The third-order valence-corrected chi connectivity index (χ3v) is 5.10. The Kier molecular flexibility index (Phi) is 8.34. The van der Waals surface area contributed by atoms with E-state index in [1.807, 2.05) is 0 Å². The highest BCUT2D eigenvalue weighted by molar-refractivity contribution is 7.47. The molecule has 0 heterocycles. The number of hydrogen-bond acceptors (Lipinski definition) is 10. The first-order valence-corrected chi connectivity index (χ1v) is 12.6. The third-order valence-electron chi connectivity index (χ3n) is 3.03. The van der Waals surface area contributed by atoms with Gasteiger partial charge in [-0.25, -0.2) is 18.3 Å². The van der Waals surface area contributed by atoms with E-state index in [0.29, 0.717) is 0 Å². The molecule has 6 atom stereocenters. The number of aliphatic hydroxyl groups is 2. The second-order valence-electron chi connectivity index (χ2n) is 5.22. The maximum absolute atomic E-state index is 11.1. The van der Waals surface area contributed by atoms with Crippen molar-refractivity contribution < 1.29 is 85.7 Å². The van der Waals surface area contributed by atoms with Gasteiger partial charge in [-0.1, -0.05) is 0 Å². The summed E-state index contributed by atoms with van der Waals surface area (Å²) in [7, 11) is -22.4. The summed E-state index contributed by atoms with van der Waals surface area (Å²) in [5.41, 5.74) is 0. The van der Waals surface area contributed by atoms with Crippen LogP contribution in [-0.2, 0) is 36.4 Å². The van der Waals surface area contributed by atoms with E-state index >= 15 is 0 Å². The molecule has 0 aromatic rings. The van der Waals surface area contributed by atoms with Crippen molar-refractivity contribution in [3.05, 3.63) is 0 Å². The van der Waals surface area contributed by atoms with Gasteiger partial charge in [-0.2, -0.15) is 0 Å². The van der Waals surface area contributed by atoms with E-state index < -0.39 is 67.9 Å². The summed E-state index contributed by atoms with van der Waals surface area (Å²) in [6.07, 6.45) is -15.9. The van der Waals surface area contributed by atoms with Crippen molar-refractivity contribution in [2.75, 3.05) is 0 Å². The Morgan fingerprint density at radius 2 is 0.643 bits per heavy atom. The molecule has 0 bridgehead atoms. The van der Waals surface area contributed by atoms with Crippen molar-refractivity contribution in [3.63, 3.8) is 0 Å². The Bertz CT molecular complexity index is 688. The molecule has 0 radical (unpaired) electrons. The summed E-state index contributed by atoms with van der Waals surface area (Å²) in [5.74, 6) is 0. The summed E-state index contributed by atoms with van der Waals surface area (Å²) in [5, 5.41) is 20.1. The highest BCUT2D eigenvalue weighted by Gasteiger charge is 2.58. The van der Waals surface area contributed by atoms with Gasteiger partial charge in [-0.05, 0) is 0 Å². The van der Waals surface area contributed by atoms with Crippen molar-refractivity contribution in [1.82, 2.24) is 0 Å². The molecule has 22 heteroatoms. The highest BCUT2D eigenvalue weighted by Crippen LogP contribution is 2.52. The van der Waals surface area contributed by atoms with Gasteiger partial charge in [0.05, 0.1) is 0 Å². The molecule has 0 unspecified atom stereocenters. The van der Waals surface area contributed by atoms with Gasteiger partial charge in [0, 0.05) is 0 Å². The molecular weight excluding hydrogens is 484 g/mol. The van der Waals surface area contributed by atoms with Crippen LogP contribution in [0.15, 0.2) is 0 Å². The van der Waals surface area contributed by atoms with Gasteiger partial charge >= 0.3 is 31.3 Å². The lowest BCUT2D eigenvalue weighted by molar-refractivity contribution is -0.208. The Hall–Kier alpha value is 0.360. The largest absolute Gasteiger partial charge is 0.470 e. The molecule has 28 heavy (non-hydrogen) atoms. The van der Waals surface area contributed by atoms with Gasteiger partial charge < -0.3 is 49.4 Å². The van der Waals surface area contributed by atoms with Crippen molar-refractivity contribution in [1.29, 1.82) is 0 Å². The predicted octanol–water partition coefficient (Wildman–Crippen LogP) is -3.37. The van der Waals surface area contributed by atoms with Gasteiger partial charge in [0.15, 0.2) is 0 Å². The molecule has 1 aliphatic carbocycles. The van der Waals surface area contributed by atoms with E-state index in [2.05, 4.69) is 18.1 Å². The van der Waals surface area contributed by atoms with Crippen LogP contribution >= 0.6 is 31.3 Å². The summed E-state index contributed by atoms with van der Waals surface area (Å²) >= 11 is 0. The van der Waals surface area contributed by atoms with E-state index in [0.717, 1.165) is 0 Å². The fourth-order valence-corrected chi connectivity index (χ4v) is 4.52. The minimum atomic E-state index is -5.64. The smallest absolute Gasteiger partial charge is 0.387 e. The second kappa shape index (κ2) is 8.85. The van der Waals surface area contributed by atoms with Crippen LogP contribution in [0.4, 0.5) is 0 Å². The lowest BCUT2D eigenvalue weighted by atomic mass is 9.85. The van der Waals surface area contributed by atoms with Crippen molar-refractivity contribution in [2.24, 2.45) is 0 Å². The van der Waals surface area contributed by atoms with Crippen LogP contribution in [0.25, 0.3) is 0 Å². The fraction of sp³-hybridized carbons (Fsp3) is 1.00. The van der Waals surface area contributed by atoms with Gasteiger partial charge in [0.1, 0.15) is 36.6 Å². The number of phosphoric ester groups is 4. The summed E-state index contributed by atoms with van der Waals surface area (Å²) in [4.78, 5) is 71.0. The van der Waals surface area contributed by atoms with Crippen LogP contribution in [0.3, 0.4) is 0 Å². The molecule has 0 aliphatic heterocycles. The molecule has 10 N–H and O–H groups in total. The van der Waals surface area contributed by atoms with Crippen LogP contribution in [0, 0.1) is 0 Å². The topological polar surface area (TPSA) is 308 Å². The van der Waals surface area contributed by atoms with Gasteiger partial charge in [0.2, 0.25) is 0 Å². The summed E-state index contributed by atoms with van der Waals surface area (Å²) < 4.78 is 60.5. The molecule has 0 aromatic heterocycles. The number of hydrogen-bond donors (Lipinski definition) is 10. The van der Waals surface area contributed by atoms with Crippen molar-refractivity contribution in [3.8, 4) is 0 Å². The van der Waals surface area contributed by atoms with Crippen LogP contribution in [0.5, 0.6) is 0 Å². The lowest BCUT2D eigenvalue weighted by Crippen LogP contribution is -2.65. The molecule has 1 saturated carbocycles. The second-order valence-corrected chi connectivity index (χ2v) is 9.99. The Labute approximate surface area is 154 Å². The minimum Gasteiger partial charge on any atom is -0.387 e. The number of phosphoric acid groups is 4. The first kappa shape index (κ1) is 26.4. The van der Waals surface area contributed by atoms with Gasteiger partial charge in [-0.15, -0.1) is 0 Å². The lowest BCUT2D eigenvalue weighted by Gasteiger charge is -2.45. The van der Waals surface area contributed by atoms with Crippen molar-refractivity contribution in [2.45, 2.75) is 36.6 Å². The quantitative estimate of drug-likeness (QED) is 0.145. The van der Waals surface area contributed by atoms with E-state index in [1.165, 1.54) is 0 Å². The molecule has 168 valence electrons. The molecule has 1 fully saturated rings. The van der Waals surface area contributed by atoms with Gasteiger partial charge in [-0.3, -0.25) is 18.1 Å². The van der Waals surface area contributed by atoms with E-state index in [9.17, 15) is 28.5 Å². The Balaban J connectivity index is 3.50. The zero-order chi connectivity index (χ0) is 22.3. The van der Waals surface area contributed by atoms with Crippen LogP contribution in [0.2, 0.25) is 0 Å². The van der Waals surface area contributed by atoms with Crippen LogP contribution in [0.1, 0.15) is 0 Å². The van der Waals surface area contributed by atoms with E-state index in [-0.39, 0.29) is 0 Å². The average Bonchev–Trinajstić information content (AvgIpc) is 2.39. The first-order chi connectivity index (χ1) is 12.2. The Morgan fingerprint density at radius 1 is 0.429 bits per heavy atom. The minimum absolute atomic E-state index is 2.56. The van der Waals surface area contributed by atoms with Gasteiger partial charge in [0.25, 0.3) is 0 Å².